The molecule has 0 aliphatic rings. The van der Waals surface area contributed by atoms with Gasteiger partial charge in [0.2, 0.25) is 0 Å². The molecule has 0 aromatic rings. The lowest BCUT2D eigenvalue weighted by Gasteiger charge is -2.05. The summed E-state index contributed by atoms with van der Waals surface area (Å²) < 4.78 is 14.7. The van der Waals surface area contributed by atoms with Gasteiger partial charge in [-0.3, -0.25) is 4.79 Å². The molecular formula is C12H23BrO4. The number of halogens is 1. The van der Waals surface area contributed by atoms with Gasteiger partial charge in [0.05, 0.1) is 13.2 Å². The summed E-state index contributed by atoms with van der Waals surface area (Å²) in [5.41, 5.74) is 0. The van der Waals surface area contributed by atoms with Crippen LogP contribution >= 0.6 is 15.9 Å². The normalized spacial score (nSPS) is 10.5. The van der Waals surface area contributed by atoms with Crippen molar-refractivity contribution < 1.29 is 19.0 Å². The van der Waals surface area contributed by atoms with E-state index in [1.54, 1.807) is 7.11 Å². The minimum Gasteiger partial charge on any atom is -0.438 e. The van der Waals surface area contributed by atoms with E-state index >= 15 is 0 Å². The fourth-order valence-electron chi connectivity index (χ4n) is 1.27. The highest BCUT2D eigenvalue weighted by molar-refractivity contribution is 9.09. The fourth-order valence-corrected chi connectivity index (χ4v) is 1.67. The van der Waals surface area contributed by atoms with E-state index in [4.69, 9.17) is 14.2 Å². The van der Waals surface area contributed by atoms with Crippen LogP contribution in [0, 0.1) is 0 Å². The molecule has 0 aliphatic heterocycles. The SMILES string of the molecule is COCCOCOC(=O)CCCCCCCBr. The summed E-state index contributed by atoms with van der Waals surface area (Å²) in [4.78, 5) is 11.2. The number of ether oxygens (including phenoxy) is 3. The van der Waals surface area contributed by atoms with Crippen molar-refractivity contribution in [2.24, 2.45) is 0 Å². The molecule has 0 bridgehead atoms. The Morgan fingerprint density at radius 2 is 1.76 bits per heavy atom. The van der Waals surface area contributed by atoms with Gasteiger partial charge in [0.1, 0.15) is 0 Å². The monoisotopic (exact) mass is 310 g/mol. The lowest BCUT2D eigenvalue weighted by atomic mass is 10.1. The molecule has 0 N–H and O–H groups in total. The van der Waals surface area contributed by atoms with Crippen molar-refractivity contribution in [3.63, 3.8) is 0 Å². The van der Waals surface area contributed by atoms with E-state index in [0.717, 1.165) is 18.2 Å². The predicted molar refractivity (Wildman–Crippen MR) is 70.3 cm³/mol. The first-order valence-electron chi connectivity index (χ1n) is 6.09. The number of carbonyl (C=O) groups is 1. The number of rotatable bonds is 12. The molecule has 0 amide bonds. The Hall–Kier alpha value is -0.130. The second-order valence-electron chi connectivity index (χ2n) is 3.74. The molecule has 0 heterocycles. The highest BCUT2D eigenvalue weighted by atomic mass is 79.9. The first kappa shape index (κ1) is 16.9. The van der Waals surface area contributed by atoms with Crippen LogP contribution in [0.3, 0.4) is 0 Å². The first-order valence-corrected chi connectivity index (χ1v) is 7.21. The molecule has 0 saturated carbocycles. The summed E-state index contributed by atoms with van der Waals surface area (Å²) in [6, 6.07) is 0. The predicted octanol–water partition coefficient (Wildman–Crippen LogP) is 2.89. The molecule has 0 aromatic carbocycles. The van der Waals surface area contributed by atoms with Crippen molar-refractivity contribution in [2.75, 3.05) is 32.4 Å². The van der Waals surface area contributed by atoms with E-state index in [1.165, 1.54) is 19.3 Å². The lowest BCUT2D eigenvalue weighted by molar-refractivity contribution is -0.157. The number of esters is 1. The van der Waals surface area contributed by atoms with Gasteiger partial charge in [-0.05, 0) is 12.8 Å². The molecule has 0 fully saturated rings. The second-order valence-corrected chi connectivity index (χ2v) is 4.53. The van der Waals surface area contributed by atoms with Crippen molar-refractivity contribution in [1.82, 2.24) is 0 Å². The van der Waals surface area contributed by atoms with E-state index in [2.05, 4.69) is 15.9 Å². The lowest BCUT2D eigenvalue weighted by Crippen LogP contribution is -2.10. The molecule has 5 heteroatoms. The number of alkyl halides is 1. The Kier molecular flexibility index (Phi) is 13.8. The van der Waals surface area contributed by atoms with E-state index < -0.39 is 0 Å². The number of methoxy groups -OCH3 is 1. The zero-order valence-electron chi connectivity index (χ0n) is 10.6. The van der Waals surface area contributed by atoms with Gasteiger partial charge < -0.3 is 14.2 Å². The summed E-state index contributed by atoms with van der Waals surface area (Å²) in [5.74, 6) is -0.178. The third kappa shape index (κ3) is 13.8. The average molecular weight is 311 g/mol. The van der Waals surface area contributed by atoms with Gasteiger partial charge >= 0.3 is 5.97 Å². The van der Waals surface area contributed by atoms with Crippen LogP contribution in [0.2, 0.25) is 0 Å². The van der Waals surface area contributed by atoms with Crippen LogP contribution in [-0.4, -0.2) is 38.4 Å². The zero-order chi connectivity index (χ0) is 12.8. The molecular weight excluding hydrogens is 288 g/mol. The van der Waals surface area contributed by atoms with Gasteiger partial charge in [0.25, 0.3) is 0 Å². The minimum absolute atomic E-state index is 0.0335. The van der Waals surface area contributed by atoms with Crippen molar-refractivity contribution in [2.45, 2.75) is 38.5 Å². The quantitative estimate of drug-likeness (QED) is 0.241. The fraction of sp³-hybridized carbons (Fsp3) is 0.917. The molecule has 0 atom stereocenters. The number of unbranched alkanes of at least 4 members (excludes halogenated alkanes) is 4. The second kappa shape index (κ2) is 13.9. The maximum absolute atomic E-state index is 11.2. The molecule has 0 aliphatic carbocycles. The summed E-state index contributed by atoms with van der Waals surface area (Å²) in [6.45, 7) is 1.01. The topological polar surface area (TPSA) is 44.8 Å². The Labute approximate surface area is 112 Å². The van der Waals surface area contributed by atoms with Crippen molar-refractivity contribution in [3.05, 3.63) is 0 Å². The van der Waals surface area contributed by atoms with E-state index in [9.17, 15) is 4.79 Å². The number of hydrogen-bond acceptors (Lipinski definition) is 4. The van der Waals surface area contributed by atoms with Crippen LogP contribution in [-0.2, 0) is 19.0 Å². The number of hydrogen-bond donors (Lipinski definition) is 0. The minimum atomic E-state index is -0.178. The molecule has 17 heavy (non-hydrogen) atoms. The Balaban J connectivity index is 3.12. The molecule has 0 rings (SSSR count). The van der Waals surface area contributed by atoms with Gasteiger partial charge in [0.15, 0.2) is 6.79 Å². The summed E-state index contributed by atoms with van der Waals surface area (Å²) in [5, 5.41) is 1.06. The van der Waals surface area contributed by atoms with Gasteiger partial charge in [-0.1, -0.05) is 35.2 Å². The van der Waals surface area contributed by atoms with Crippen LogP contribution < -0.4 is 0 Å². The van der Waals surface area contributed by atoms with Crippen LogP contribution in [0.1, 0.15) is 38.5 Å². The summed E-state index contributed by atoms with van der Waals surface area (Å²) in [7, 11) is 1.60. The smallest absolute Gasteiger partial charge is 0.307 e. The third-order valence-corrected chi connectivity index (χ3v) is 2.81. The molecule has 0 saturated heterocycles. The van der Waals surface area contributed by atoms with Gasteiger partial charge in [-0.25, -0.2) is 0 Å². The van der Waals surface area contributed by atoms with Crippen LogP contribution in [0.4, 0.5) is 0 Å². The summed E-state index contributed by atoms with van der Waals surface area (Å²) >= 11 is 3.39. The van der Waals surface area contributed by atoms with E-state index in [0.29, 0.717) is 19.6 Å². The van der Waals surface area contributed by atoms with E-state index in [1.807, 2.05) is 0 Å². The van der Waals surface area contributed by atoms with Crippen LogP contribution in [0.5, 0.6) is 0 Å². The van der Waals surface area contributed by atoms with Gasteiger partial charge in [0, 0.05) is 18.9 Å². The molecule has 102 valence electrons. The molecule has 0 aromatic heterocycles. The summed E-state index contributed by atoms with van der Waals surface area (Å²) in [6.07, 6.45) is 6.09. The van der Waals surface area contributed by atoms with Crippen molar-refractivity contribution >= 4 is 21.9 Å². The maximum Gasteiger partial charge on any atom is 0.307 e. The van der Waals surface area contributed by atoms with Gasteiger partial charge in [-0.2, -0.15) is 0 Å². The van der Waals surface area contributed by atoms with Crippen molar-refractivity contribution in [3.8, 4) is 0 Å². The van der Waals surface area contributed by atoms with E-state index in [-0.39, 0.29) is 12.8 Å². The molecule has 0 radical (unpaired) electrons. The highest BCUT2D eigenvalue weighted by Gasteiger charge is 2.02. The van der Waals surface area contributed by atoms with Crippen LogP contribution in [0.15, 0.2) is 0 Å². The zero-order valence-corrected chi connectivity index (χ0v) is 12.2. The molecule has 4 nitrogen and oxygen atoms in total. The van der Waals surface area contributed by atoms with Gasteiger partial charge in [-0.15, -0.1) is 0 Å². The third-order valence-electron chi connectivity index (χ3n) is 2.25. The highest BCUT2D eigenvalue weighted by Crippen LogP contribution is 2.07. The maximum atomic E-state index is 11.2. The molecule has 0 spiro atoms. The standard InChI is InChI=1S/C12H23BrO4/c1-15-9-10-16-11-17-12(14)7-5-3-2-4-6-8-13/h2-11H2,1H3. The largest absolute Gasteiger partial charge is 0.438 e. The molecule has 0 unspecified atom stereocenters. The number of carbonyl (C=O) groups excluding carboxylic acids is 1. The van der Waals surface area contributed by atoms with Crippen molar-refractivity contribution in [1.29, 1.82) is 0 Å². The van der Waals surface area contributed by atoms with Crippen LogP contribution in [0.25, 0.3) is 0 Å². The first-order chi connectivity index (χ1) is 8.31. The Bertz CT molecular complexity index is 176. The Morgan fingerprint density at radius 1 is 1.06 bits per heavy atom. The Morgan fingerprint density at radius 3 is 2.47 bits per heavy atom. The average Bonchev–Trinajstić information content (AvgIpc) is 2.33.